The van der Waals surface area contributed by atoms with Crippen LogP contribution in [0.2, 0.25) is 0 Å². The number of H-pyrrole nitrogens is 1. The zero-order valence-electron chi connectivity index (χ0n) is 17.1. The molecule has 0 atom stereocenters. The lowest BCUT2D eigenvalue weighted by Crippen LogP contribution is -2.48. The molecule has 10 nitrogen and oxygen atoms in total. The summed E-state index contributed by atoms with van der Waals surface area (Å²) in [5.41, 5.74) is -0.363. The fourth-order valence-electron chi connectivity index (χ4n) is 3.89. The lowest BCUT2D eigenvalue weighted by molar-refractivity contribution is 0.0944. The monoisotopic (exact) mass is 412 g/mol. The minimum atomic E-state index is -0.413. The van der Waals surface area contributed by atoms with E-state index in [1.807, 2.05) is 4.90 Å². The number of hydrogen-bond acceptors (Lipinski definition) is 8. The van der Waals surface area contributed by atoms with Crippen molar-refractivity contribution in [2.75, 3.05) is 62.2 Å². The topological polar surface area (TPSA) is 110 Å². The first-order valence-corrected chi connectivity index (χ1v) is 10.6. The Labute approximate surface area is 175 Å². The summed E-state index contributed by atoms with van der Waals surface area (Å²) in [4.78, 5) is 46.9. The van der Waals surface area contributed by atoms with Crippen molar-refractivity contribution < 1.29 is 4.79 Å². The minimum absolute atomic E-state index is 0.0497. The standard InChI is InChI=1S/C20H28N8O2/c29-17(21-7-10-26-8-2-1-3-9-26)16-15-24-20(25-18(16)30)28-13-11-27(12-14-28)19-22-5-4-6-23-19/h4-6,15H,1-3,7-14H2,(H,21,29)(H,24,25,30). The van der Waals surface area contributed by atoms with E-state index in [1.54, 1.807) is 18.5 Å². The Balaban J connectivity index is 1.29. The van der Waals surface area contributed by atoms with E-state index in [4.69, 9.17) is 0 Å². The Kier molecular flexibility index (Phi) is 6.53. The van der Waals surface area contributed by atoms with Gasteiger partial charge in [0.25, 0.3) is 11.5 Å². The Hall–Kier alpha value is -3.01. The summed E-state index contributed by atoms with van der Waals surface area (Å²) < 4.78 is 0. The second-order valence-corrected chi connectivity index (χ2v) is 7.63. The van der Waals surface area contributed by atoms with Crippen molar-refractivity contribution in [3.63, 3.8) is 0 Å². The van der Waals surface area contributed by atoms with Crippen LogP contribution in [0, 0.1) is 0 Å². The molecular formula is C20H28N8O2. The zero-order chi connectivity index (χ0) is 20.8. The van der Waals surface area contributed by atoms with E-state index in [2.05, 4.69) is 35.1 Å². The summed E-state index contributed by atoms with van der Waals surface area (Å²) in [6.07, 6.45) is 8.54. The first-order valence-electron chi connectivity index (χ1n) is 10.6. The number of nitrogens with zero attached hydrogens (tertiary/aromatic N) is 6. The van der Waals surface area contributed by atoms with Crippen molar-refractivity contribution in [3.05, 3.63) is 40.6 Å². The summed E-state index contributed by atoms with van der Waals surface area (Å²) in [5, 5.41) is 2.84. The molecule has 0 bridgehead atoms. The van der Waals surface area contributed by atoms with Crippen molar-refractivity contribution >= 4 is 17.8 Å². The van der Waals surface area contributed by atoms with E-state index in [1.165, 1.54) is 25.5 Å². The Morgan fingerprint density at radius 3 is 2.37 bits per heavy atom. The molecule has 0 spiro atoms. The first-order chi connectivity index (χ1) is 14.7. The third-order valence-electron chi connectivity index (χ3n) is 5.61. The van der Waals surface area contributed by atoms with Gasteiger partial charge in [-0.1, -0.05) is 6.42 Å². The average molecular weight is 412 g/mol. The van der Waals surface area contributed by atoms with Crippen LogP contribution in [-0.2, 0) is 0 Å². The molecule has 0 unspecified atom stereocenters. The van der Waals surface area contributed by atoms with Crippen LogP contribution in [0.5, 0.6) is 0 Å². The van der Waals surface area contributed by atoms with Crippen molar-refractivity contribution in [1.82, 2.24) is 30.2 Å². The van der Waals surface area contributed by atoms with Gasteiger partial charge in [0.2, 0.25) is 11.9 Å². The first kappa shape index (κ1) is 20.3. The van der Waals surface area contributed by atoms with Gasteiger partial charge in [0.1, 0.15) is 5.56 Å². The molecule has 2 aromatic rings. The molecule has 0 radical (unpaired) electrons. The highest BCUT2D eigenvalue weighted by Gasteiger charge is 2.21. The number of amides is 1. The molecular weight excluding hydrogens is 384 g/mol. The van der Waals surface area contributed by atoms with Gasteiger partial charge in [0, 0.05) is 57.9 Å². The number of hydrogen-bond donors (Lipinski definition) is 2. The molecule has 0 aromatic carbocycles. The van der Waals surface area contributed by atoms with E-state index >= 15 is 0 Å². The number of carbonyl (C=O) groups excluding carboxylic acids is 1. The quantitative estimate of drug-likeness (QED) is 0.688. The number of likely N-dealkylation sites (tertiary alicyclic amines) is 1. The number of piperazine rings is 1. The molecule has 2 saturated heterocycles. The second kappa shape index (κ2) is 9.66. The third kappa shape index (κ3) is 4.93. The summed E-state index contributed by atoms with van der Waals surface area (Å²) in [6.45, 7) is 6.32. The molecule has 2 aliphatic heterocycles. The van der Waals surface area contributed by atoms with E-state index < -0.39 is 5.56 Å². The molecule has 0 aliphatic carbocycles. The maximum atomic E-state index is 12.5. The van der Waals surface area contributed by atoms with Crippen LogP contribution in [0.25, 0.3) is 0 Å². The highest BCUT2D eigenvalue weighted by molar-refractivity contribution is 5.93. The maximum Gasteiger partial charge on any atom is 0.265 e. The fraction of sp³-hybridized carbons (Fsp3) is 0.550. The lowest BCUT2D eigenvalue weighted by atomic mass is 10.1. The average Bonchev–Trinajstić information content (AvgIpc) is 2.80. The van der Waals surface area contributed by atoms with Crippen LogP contribution in [0.4, 0.5) is 11.9 Å². The van der Waals surface area contributed by atoms with Gasteiger partial charge in [-0.2, -0.15) is 0 Å². The van der Waals surface area contributed by atoms with Crippen molar-refractivity contribution in [3.8, 4) is 0 Å². The lowest BCUT2D eigenvalue weighted by Gasteiger charge is -2.34. The van der Waals surface area contributed by atoms with E-state index in [9.17, 15) is 9.59 Å². The van der Waals surface area contributed by atoms with Crippen LogP contribution in [0.1, 0.15) is 29.6 Å². The molecule has 2 aliphatic rings. The van der Waals surface area contributed by atoms with Gasteiger partial charge in [0.15, 0.2) is 0 Å². The fourth-order valence-corrected chi connectivity index (χ4v) is 3.89. The molecule has 30 heavy (non-hydrogen) atoms. The highest BCUT2D eigenvalue weighted by Crippen LogP contribution is 2.13. The van der Waals surface area contributed by atoms with Gasteiger partial charge in [-0.15, -0.1) is 0 Å². The molecule has 2 aromatic heterocycles. The van der Waals surface area contributed by atoms with Crippen molar-refractivity contribution in [2.24, 2.45) is 0 Å². The SMILES string of the molecule is O=C(NCCN1CCCCC1)c1cnc(N2CCN(c3ncccn3)CC2)[nH]c1=O. The molecule has 160 valence electrons. The van der Waals surface area contributed by atoms with Gasteiger partial charge in [-0.3, -0.25) is 14.6 Å². The number of anilines is 2. The molecule has 0 saturated carbocycles. The van der Waals surface area contributed by atoms with Gasteiger partial charge in [0.05, 0.1) is 0 Å². The maximum absolute atomic E-state index is 12.5. The third-order valence-corrected chi connectivity index (χ3v) is 5.61. The van der Waals surface area contributed by atoms with Crippen LogP contribution < -0.4 is 20.7 Å². The van der Waals surface area contributed by atoms with Crippen LogP contribution >= 0.6 is 0 Å². The predicted octanol–water partition coefficient (Wildman–Crippen LogP) is 0.102. The van der Waals surface area contributed by atoms with Gasteiger partial charge in [-0.05, 0) is 32.0 Å². The molecule has 4 heterocycles. The smallest absolute Gasteiger partial charge is 0.265 e. The van der Waals surface area contributed by atoms with Crippen LogP contribution in [0.15, 0.2) is 29.5 Å². The van der Waals surface area contributed by atoms with E-state index in [0.29, 0.717) is 31.5 Å². The summed E-state index contributed by atoms with van der Waals surface area (Å²) in [7, 11) is 0. The minimum Gasteiger partial charge on any atom is -0.351 e. The number of rotatable bonds is 6. The predicted molar refractivity (Wildman–Crippen MR) is 114 cm³/mol. The van der Waals surface area contributed by atoms with Crippen LogP contribution in [0.3, 0.4) is 0 Å². The number of nitrogens with one attached hydrogen (secondary N) is 2. The van der Waals surface area contributed by atoms with Gasteiger partial charge in [-0.25, -0.2) is 15.0 Å². The molecule has 1 amide bonds. The number of piperidine rings is 1. The summed E-state index contributed by atoms with van der Waals surface area (Å²) >= 11 is 0. The number of aromatic amines is 1. The van der Waals surface area contributed by atoms with Crippen molar-refractivity contribution in [1.29, 1.82) is 0 Å². The molecule has 2 N–H and O–H groups in total. The Morgan fingerprint density at radius 1 is 0.967 bits per heavy atom. The Morgan fingerprint density at radius 2 is 1.67 bits per heavy atom. The van der Waals surface area contributed by atoms with E-state index in [-0.39, 0.29) is 11.5 Å². The molecule has 4 rings (SSSR count). The summed E-state index contributed by atoms with van der Waals surface area (Å²) in [5.74, 6) is 0.812. The molecule has 2 fully saturated rings. The van der Waals surface area contributed by atoms with Gasteiger partial charge < -0.3 is 20.0 Å². The zero-order valence-corrected chi connectivity index (χ0v) is 17.1. The van der Waals surface area contributed by atoms with Crippen LogP contribution in [-0.4, -0.2) is 83.1 Å². The van der Waals surface area contributed by atoms with Crippen molar-refractivity contribution in [2.45, 2.75) is 19.3 Å². The number of aromatic nitrogens is 4. The van der Waals surface area contributed by atoms with E-state index in [0.717, 1.165) is 32.7 Å². The Bertz CT molecular complexity index is 889. The van der Waals surface area contributed by atoms with Gasteiger partial charge >= 0.3 is 0 Å². The second-order valence-electron chi connectivity index (χ2n) is 7.63. The number of carbonyl (C=O) groups is 1. The largest absolute Gasteiger partial charge is 0.351 e. The molecule has 10 heteroatoms. The summed E-state index contributed by atoms with van der Waals surface area (Å²) in [6, 6.07) is 1.79. The highest BCUT2D eigenvalue weighted by atomic mass is 16.2. The normalized spacial score (nSPS) is 17.7.